The zero-order valence-electron chi connectivity index (χ0n) is 20.8. The summed E-state index contributed by atoms with van der Waals surface area (Å²) in [5.74, 6) is 0.482. The van der Waals surface area contributed by atoms with Crippen LogP contribution in [0, 0.1) is 5.41 Å². The molecule has 2 aliphatic rings. The molecule has 32 heavy (non-hydrogen) atoms. The van der Waals surface area contributed by atoms with Crippen LogP contribution in [-0.4, -0.2) is 37.9 Å². The molecule has 2 aliphatic heterocycles. The van der Waals surface area contributed by atoms with Crippen LogP contribution in [0.2, 0.25) is 5.02 Å². The van der Waals surface area contributed by atoms with E-state index in [2.05, 4.69) is 81.8 Å². The maximum Gasteiger partial charge on any atom is 0.0733 e. The van der Waals surface area contributed by atoms with Crippen molar-refractivity contribution >= 4 is 17.3 Å². The van der Waals surface area contributed by atoms with Crippen molar-refractivity contribution in [3.05, 3.63) is 52.2 Å². The number of benzene rings is 1. The molecule has 5 heteroatoms. The normalized spacial score (nSPS) is 21.2. The van der Waals surface area contributed by atoms with E-state index in [9.17, 15) is 0 Å². The average Bonchev–Trinajstić information content (AvgIpc) is 2.90. The minimum Gasteiger partial charge on any atom is -0.382 e. The molecule has 0 amide bonds. The summed E-state index contributed by atoms with van der Waals surface area (Å²) in [6, 6.07) is 4.37. The predicted molar refractivity (Wildman–Crippen MR) is 138 cm³/mol. The SMILES string of the molecule is CCCOCC(Nc1c(Cl)ccc2c1CCNCC2CC(C)(C)C)C1=CC=CNC1(C)C. The van der Waals surface area contributed by atoms with Crippen molar-refractivity contribution in [1.82, 2.24) is 10.6 Å². The predicted octanol–water partition coefficient (Wildman–Crippen LogP) is 6.03. The second-order valence-electron chi connectivity index (χ2n) is 10.9. The molecule has 0 aliphatic carbocycles. The van der Waals surface area contributed by atoms with Gasteiger partial charge in [0.15, 0.2) is 0 Å². The molecule has 0 saturated carbocycles. The van der Waals surface area contributed by atoms with E-state index in [-0.39, 0.29) is 17.0 Å². The van der Waals surface area contributed by atoms with Crippen LogP contribution in [0.1, 0.15) is 71.4 Å². The smallest absolute Gasteiger partial charge is 0.0733 e. The molecule has 3 N–H and O–H groups in total. The number of dihydropyridines is 1. The number of hydrogen-bond donors (Lipinski definition) is 3. The van der Waals surface area contributed by atoms with E-state index in [0.717, 1.165) is 49.7 Å². The Labute approximate surface area is 200 Å². The Morgan fingerprint density at radius 2 is 2.06 bits per heavy atom. The number of nitrogens with one attached hydrogen (secondary N) is 3. The fraction of sp³-hybridized carbons (Fsp3) is 0.630. The summed E-state index contributed by atoms with van der Waals surface area (Å²) >= 11 is 6.84. The fourth-order valence-electron chi connectivity index (χ4n) is 4.94. The number of rotatable bonds is 8. The number of fused-ring (bicyclic) bond motifs is 1. The molecule has 0 bridgehead atoms. The third kappa shape index (κ3) is 6.30. The van der Waals surface area contributed by atoms with Gasteiger partial charge in [-0.15, -0.1) is 0 Å². The maximum atomic E-state index is 6.84. The summed E-state index contributed by atoms with van der Waals surface area (Å²) in [6.45, 7) is 16.9. The minimum absolute atomic E-state index is 0.0373. The monoisotopic (exact) mass is 459 g/mol. The van der Waals surface area contributed by atoms with Crippen molar-refractivity contribution in [2.75, 3.05) is 31.6 Å². The quantitative estimate of drug-likeness (QED) is 0.415. The van der Waals surface area contributed by atoms with E-state index in [1.165, 1.54) is 16.7 Å². The molecule has 0 saturated heterocycles. The van der Waals surface area contributed by atoms with Crippen LogP contribution in [0.25, 0.3) is 0 Å². The molecule has 0 radical (unpaired) electrons. The molecule has 0 aromatic heterocycles. The van der Waals surface area contributed by atoms with Gasteiger partial charge >= 0.3 is 0 Å². The topological polar surface area (TPSA) is 45.3 Å². The first kappa shape index (κ1) is 25.1. The number of hydrogen-bond acceptors (Lipinski definition) is 4. The average molecular weight is 460 g/mol. The summed E-state index contributed by atoms with van der Waals surface area (Å²) in [5, 5.41) is 11.8. The molecule has 2 heterocycles. The zero-order chi connectivity index (χ0) is 23.4. The molecular formula is C27H42ClN3O. The second kappa shape index (κ2) is 10.6. The van der Waals surface area contributed by atoms with E-state index >= 15 is 0 Å². The van der Waals surface area contributed by atoms with E-state index in [1.807, 2.05) is 6.20 Å². The molecule has 2 unspecified atom stereocenters. The molecule has 0 fully saturated rings. The van der Waals surface area contributed by atoms with E-state index in [1.54, 1.807) is 0 Å². The number of allylic oxidation sites excluding steroid dienone is 2. The number of anilines is 1. The summed E-state index contributed by atoms with van der Waals surface area (Å²) in [4.78, 5) is 0. The van der Waals surface area contributed by atoms with Crippen LogP contribution in [-0.2, 0) is 11.2 Å². The zero-order valence-corrected chi connectivity index (χ0v) is 21.5. The summed E-state index contributed by atoms with van der Waals surface area (Å²) in [5.41, 5.74) is 5.25. The lowest BCUT2D eigenvalue weighted by Gasteiger charge is -2.37. The van der Waals surface area contributed by atoms with E-state index in [4.69, 9.17) is 16.3 Å². The first-order valence-corrected chi connectivity index (χ1v) is 12.5. The number of halogens is 1. The molecule has 2 atom stereocenters. The first-order valence-electron chi connectivity index (χ1n) is 12.1. The van der Waals surface area contributed by atoms with Crippen LogP contribution >= 0.6 is 11.6 Å². The molecule has 4 nitrogen and oxygen atoms in total. The van der Waals surface area contributed by atoms with E-state index in [0.29, 0.717) is 12.5 Å². The van der Waals surface area contributed by atoms with Crippen LogP contribution in [0.5, 0.6) is 0 Å². The maximum absolute atomic E-state index is 6.84. The fourth-order valence-corrected chi connectivity index (χ4v) is 5.18. The summed E-state index contributed by atoms with van der Waals surface area (Å²) in [6.07, 6.45) is 9.42. The van der Waals surface area contributed by atoms with Gasteiger partial charge in [0.2, 0.25) is 0 Å². The first-order chi connectivity index (χ1) is 15.1. The lowest BCUT2D eigenvalue weighted by molar-refractivity contribution is 0.129. The van der Waals surface area contributed by atoms with Crippen LogP contribution in [0.4, 0.5) is 5.69 Å². The van der Waals surface area contributed by atoms with Gasteiger partial charge in [-0.25, -0.2) is 0 Å². The van der Waals surface area contributed by atoms with Crippen LogP contribution < -0.4 is 16.0 Å². The standard InChI is InChI=1S/C27H42ClN3O/c1-7-15-32-18-24(22-9-8-13-30-27(22,5)6)31-25-21-12-14-29-17-19(16-26(2,3)4)20(21)10-11-23(25)28/h8-11,13,19,24,29-31H,7,12,14-18H2,1-6H3. The van der Waals surface area contributed by atoms with Gasteiger partial charge in [0.1, 0.15) is 0 Å². The molecule has 3 rings (SSSR count). The molecule has 1 aromatic rings. The highest BCUT2D eigenvalue weighted by Gasteiger charge is 2.32. The Morgan fingerprint density at radius 1 is 1.28 bits per heavy atom. The Balaban J connectivity index is 1.98. The Bertz CT molecular complexity index is 838. The molecule has 0 spiro atoms. The minimum atomic E-state index is -0.156. The third-order valence-electron chi connectivity index (χ3n) is 6.40. The highest BCUT2D eigenvalue weighted by atomic mass is 35.5. The van der Waals surface area contributed by atoms with E-state index < -0.39 is 0 Å². The Hall–Kier alpha value is -1.49. The molecular weight excluding hydrogens is 418 g/mol. The van der Waals surface area contributed by atoms with Crippen molar-refractivity contribution in [2.45, 2.75) is 78.3 Å². The van der Waals surface area contributed by atoms with Crippen LogP contribution in [0.15, 0.2) is 36.1 Å². The van der Waals surface area contributed by atoms with Crippen LogP contribution in [0.3, 0.4) is 0 Å². The van der Waals surface area contributed by atoms with Gasteiger partial charge in [0, 0.05) is 13.2 Å². The Morgan fingerprint density at radius 3 is 2.75 bits per heavy atom. The highest BCUT2D eigenvalue weighted by Crippen LogP contribution is 2.40. The Kier molecular flexibility index (Phi) is 8.35. The van der Waals surface area contributed by atoms with Gasteiger partial charge in [-0.1, -0.05) is 51.4 Å². The van der Waals surface area contributed by atoms with Gasteiger partial charge in [-0.3, -0.25) is 0 Å². The van der Waals surface area contributed by atoms with Crippen molar-refractivity contribution in [3.63, 3.8) is 0 Å². The second-order valence-corrected chi connectivity index (χ2v) is 11.3. The van der Waals surface area contributed by atoms with Gasteiger partial charge in [0.05, 0.1) is 28.9 Å². The highest BCUT2D eigenvalue weighted by molar-refractivity contribution is 6.33. The van der Waals surface area contributed by atoms with Gasteiger partial charge in [-0.05, 0) is 86.0 Å². The van der Waals surface area contributed by atoms with Gasteiger partial charge in [-0.2, -0.15) is 0 Å². The van der Waals surface area contributed by atoms with Crippen molar-refractivity contribution < 1.29 is 4.74 Å². The van der Waals surface area contributed by atoms with Crippen molar-refractivity contribution in [2.24, 2.45) is 5.41 Å². The third-order valence-corrected chi connectivity index (χ3v) is 6.72. The van der Waals surface area contributed by atoms with Gasteiger partial charge < -0.3 is 20.7 Å². The molecule has 1 aromatic carbocycles. The number of ether oxygens (including phenoxy) is 1. The summed E-state index contributed by atoms with van der Waals surface area (Å²) in [7, 11) is 0. The summed E-state index contributed by atoms with van der Waals surface area (Å²) < 4.78 is 6.05. The lowest BCUT2D eigenvalue weighted by Crippen LogP contribution is -2.47. The lowest BCUT2D eigenvalue weighted by atomic mass is 9.79. The van der Waals surface area contributed by atoms with Crippen molar-refractivity contribution in [1.29, 1.82) is 0 Å². The molecule has 178 valence electrons. The largest absolute Gasteiger partial charge is 0.382 e. The van der Waals surface area contributed by atoms with Crippen molar-refractivity contribution in [3.8, 4) is 0 Å². The van der Waals surface area contributed by atoms with Gasteiger partial charge in [0.25, 0.3) is 0 Å².